The fourth-order valence-electron chi connectivity index (χ4n) is 2.80. The number of aryl methyl sites for hydroxylation is 2. The molecule has 0 saturated carbocycles. The molecule has 0 radical (unpaired) electrons. The molecule has 0 aliphatic rings. The predicted octanol–water partition coefficient (Wildman–Crippen LogP) is 2.24. The number of sulfonamides is 1. The molecule has 0 atom stereocenters. The van der Waals surface area contributed by atoms with Crippen LogP contribution in [0, 0.1) is 6.92 Å². The van der Waals surface area contributed by atoms with Gasteiger partial charge in [-0.05, 0) is 37.1 Å². The van der Waals surface area contributed by atoms with E-state index in [2.05, 4.69) is 10.4 Å². The highest BCUT2D eigenvalue weighted by atomic mass is 32.2. The van der Waals surface area contributed by atoms with E-state index in [9.17, 15) is 18.0 Å². The quantitative estimate of drug-likeness (QED) is 0.724. The molecule has 28 heavy (non-hydrogen) atoms. The first-order valence-corrected chi connectivity index (χ1v) is 10.7. The number of carbonyl (C=O) groups excluding carboxylic acids is 1. The molecule has 2 aromatic rings. The normalized spacial score (nSPS) is 11.6. The zero-order valence-corrected chi connectivity index (χ0v) is 17.4. The van der Waals surface area contributed by atoms with Crippen molar-refractivity contribution in [2.45, 2.75) is 45.6 Å². The number of benzene rings is 1. The summed E-state index contributed by atoms with van der Waals surface area (Å²) in [5.74, 6) is -0.514. The van der Waals surface area contributed by atoms with E-state index in [1.54, 1.807) is 32.9 Å². The first-order chi connectivity index (χ1) is 13.2. The molecule has 9 heteroatoms. The maximum Gasteiger partial charge on any atom is 0.276 e. The van der Waals surface area contributed by atoms with E-state index in [0.29, 0.717) is 37.3 Å². The zero-order valence-electron chi connectivity index (χ0n) is 16.6. The topological polar surface area (TPSA) is 101 Å². The molecule has 2 rings (SSSR count). The van der Waals surface area contributed by atoms with Crippen molar-refractivity contribution in [1.82, 2.24) is 14.1 Å². The number of hydrogen-bond donors (Lipinski definition) is 1. The highest BCUT2D eigenvalue weighted by Gasteiger charge is 2.24. The molecular weight excluding hydrogens is 380 g/mol. The minimum absolute atomic E-state index is 0.0850. The van der Waals surface area contributed by atoms with Gasteiger partial charge in [-0.2, -0.15) is 9.40 Å². The van der Waals surface area contributed by atoms with Crippen LogP contribution < -0.4 is 10.9 Å². The van der Waals surface area contributed by atoms with E-state index in [4.69, 9.17) is 0 Å². The second kappa shape index (κ2) is 9.11. The van der Waals surface area contributed by atoms with Crippen molar-refractivity contribution in [3.63, 3.8) is 0 Å². The van der Waals surface area contributed by atoms with Crippen molar-refractivity contribution < 1.29 is 13.2 Å². The third kappa shape index (κ3) is 4.66. The van der Waals surface area contributed by atoms with Crippen LogP contribution in [0.1, 0.15) is 43.2 Å². The lowest BCUT2D eigenvalue weighted by Crippen LogP contribution is -2.31. The summed E-state index contributed by atoms with van der Waals surface area (Å²) in [5.41, 5.74) is 0.749. The molecule has 152 valence electrons. The maximum atomic E-state index is 12.8. The molecule has 1 aromatic heterocycles. The summed E-state index contributed by atoms with van der Waals surface area (Å²) in [7, 11) is -3.65. The number of nitrogens with one attached hydrogen (secondary N) is 1. The van der Waals surface area contributed by atoms with Crippen LogP contribution in [0.2, 0.25) is 0 Å². The average Bonchev–Trinajstić information content (AvgIpc) is 2.65. The highest BCUT2D eigenvalue weighted by molar-refractivity contribution is 7.89. The highest BCUT2D eigenvalue weighted by Crippen LogP contribution is 2.23. The Bertz CT molecular complexity index is 1010. The van der Waals surface area contributed by atoms with E-state index in [0.717, 1.165) is 0 Å². The number of hydrogen-bond acceptors (Lipinski definition) is 5. The summed E-state index contributed by atoms with van der Waals surface area (Å²) in [5, 5.41) is 6.73. The summed E-state index contributed by atoms with van der Waals surface area (Å²) in [6.45, 7) is 8.30. The van der Waals surface area contributed by atoms with Crippen molar-refractivity contribution in [3.8, 4) is 0 Å². The molecule has 1 N–H and O–H groups in total. The summed E-state index contributed by atoms with van der Waals surface area (Å²) in [6.07, 6.45) is 0.711. The molecule has 0 aliphatic carbocycles. The molecule has 8 nitrogen and oxygen atoms in total. The van der Waals surface area contributed by atoms with Crippen LogP contribution in [0.5, 0.6) is 0 Å². The van der Waals surface area contributed by atoms with E-state index < -0.39 is 15.9 Å². The van der Waals surface area contributed by atoms with Gasteiger partial charge in [0.1, 0.15) is 5.69 Å². The Hall–Kier alpha value is -2.52. The first kappa shape index (κ1) is 21.8. The molecule has 1 aromatic carbocycles. The zero-order chi connectivity index (χ0) is 20.9. The molecule has 0 bridgehead atoms. The Morgan fingerprint density at radius 3 is 2.43 bits per heavy atom. The van der Waals surface area contributed by atoms with E-state index in [1.165, 1.54) is 27.2 Å². The minimum Gasteiger partial charge on any atom is -0.321 e. The van der Waals surface area contributed by atoms with Crippen LogP contribution in [0.3, 0.4) is 0 Å². The summed E-state index contributed by atoms with van der Waals surface area (Å²) < 4.78 is 28.3. The van der Waals surface area contributed by atoms with Gasteiger partial charge in [0, 0.05) is 31.4 Å². The van der Waals surface area contributed by atoms with Gasteiger partial charge in [0.25, 0.3) is 11.5 Å². The van der Waals surface area contributed by atoms with Crippen LogP contribution in [-0.4, -0.2) is 41.5 Å². The maximum absolute atomic E-state index is 12.8. The third-order valence-corrected chi connectivity index (χ3v) is 6.50. The Balaban J connectivity index is 2.34. The predicted molar refractivity (Wildman–Crippen MR) is 108 cm³/mol. The third-order valence-electron chi connectivity index (χ3n) is 4.30. The van der Waals surface area contributed by atoms with Crippen molar-refractivity contribution >= 4 is 21.6 Å². The summed E-state index contributed by atoms with van der Waals surface area (Å²) in [4.78, 5) is 24.4. The van der Waals surface area contributed by atoms with Crippen molar-refractivity contribution in [2.24, 2.45) is 0 Å². The lowest BCUT2D eigenvalue weighted by molar-refractivity contribution is 0.101. The van der Waals surface area contributed by atoms with Gasteiger partial charge in [-0.3, -0.25) is 9.59 Å². The van der Waals surface area contributed by atoms with E-state index in [1.807, 2.05) is 6.92 Å². The second-order valence-corrected chi connectivity index (χ2v) is 8.21. The largest absolute Gasteiger partial charge is 0.321 e. The Morgan fingerprint density at radius 1 is 1.14 bits per heavy atom. The molecule has 0 unspecified atom stereocenters. The van der Waals surface area contributed by atoms with Gasteiger partial charge in [-0.25, -0.2) is 13.1 Å². The number of amides is 1. The Labute approximate surface area is 165 Å². The van der Waals surface area contributed by atoms with E-state index >= 15 is 0 Å². The van der Waals surface area contributed by atoms with Gasteiger partial charge in [-0.1, -0.05) is 26.8 Å². The molecule has 0 saturated heterocycles. The lowest BCUT2D eigenvalue weighted by atomic mass is 10.2. The number of nitrogens with zero attached hydrogens (tertiary/aromatic N) is 3. The lowest BCUT2D eigenvalue weighted by Gasteiger charge is -2.20. The molecule has 0 spiro atoms. The van der Waals surface area contributed by atoms with Crippen LogP contribution in [-0.2, 0) is 16.6 Å². The van der Waals surface area contributed by atoms with Gasteiger partial charge in [-0.15, -0.1) is 0 Å². The minimum atomic E-state index is -3.65. The smallest absolute Gasteiger partial charge is 0.276 e. The molecule has 0 aliphatic heterocycles. The average molecular weight is 407 g/mol. The number of carbonyl (C=O) groups is 1. The van der Waals surface area contributed by atoms with Crippen molar-refractivity contribution in [2.75, 3.05) is 18.4 Å². The number of anilines is 1. The fourth-order valence-corrected chi connectivity index (χ4v) is 4.50. The van der Waals surface area contributed by atoms with Crippen LogP contribution in [0.4, 0.5) is 5.69 Å². The van der Waals surface area contributed by atoms with Gasteiger partial charge in [0.2, 0.25) is 10.0 Å². The Morgan fingerprint density at radius 2 is 1.82 bits per heavy atom. The SMILES string of the molecule is CCCn1nc(C(=O)Nc2ccc(C)c(S(=O)(=O)N(CC)CC)c2)ccc1=O. The Kier molecular flexibility index (Phi) is 7.09. The molecular formula is C19H26N4O4S. The van der Waals surface area contributed by atoms with Crippen LogP contribution >= 0.6 is 0 Å². The number of rotatable bonds is 8. The van der Waals surface area contributed by atoms with Crippen LogP contribution in [0.25, 0.3) is 0 Å². The van der Waals surface area contributed by atoms with Gasteiger partial charge in [0.15, 0.2) is 0 Å². The molecule has 1 heterocycles. The van der Waals surface area contributed by atoms with Gasteiger partial charge in [0.05, 0.1) is 4.90 Å². The summed E-state index contributed by atoms with van der Waals surface area (Å²) in [6, 6.07) is 7.38. The van der Waals surface area contributed by atoms with Crippen molar-refractivity contribution in [1.29, 1.82) is 0 Å². The first-order valence-electron chi connectivity index (χ1n) is 9.24. The molecule has 1 amide bonds. The fraction of sp³-hybridized carbons (Fsp3) is 0.421. The monoisotopic (exact) mass is 406 g/mol. The second-order valence-electron chi connectivity index (χ2n) is 6.30. The van der Waals surface area contributed by atoms with Crippen molar-refractivity contribution in [3.05, 3.63) is 51.9 Å². The van der Waals surface area contributed by atoms with Gasteiger partial charge < -0.3 is 5.32 Å². The van der Waals surface area contributed by atoms with E-state index in [-0.39, 0.29) is 16.1 Å². The summed E-state index contributed by atoms with van der Waals surface area (Å²) >= 11 is 0. The number of aromatic nitrogens is 2. The van der Waals surface area contributed by atoms with Gasteiger partial charge >= 0.3 is 0 Å². The standard InChI is InChI=1S/C19H26N4O4S/c1-5-12-23-18(24)11-10-16(21-23)19(25)20-15-9-8-14(4)17(13-15)28(26,27)22(6-2)7-3/h8-11,13H,5-7,12H2,1-4H3,(H,20,25). The van der Waals surface area contributed by atoms with Crippen LogP contribution in [0.15, 0.2) is 40.0 Å². The molecule has 0 fully saturated rings.